The van der Waals surface area contributed by atoms with Crippen molar-refractivity contribution in [3.05, 3.63) is 37.0 Å². The van der Waals surface area contributed by atoms with Crippen molar-refractivity contribution in [1.29, 1.82) is 0 Å². The van der Waals surface area contributed by atoms with Gasteiger partial charge >= 0.3 is 0 Å². The minimum Gasteiger partial charge on any atom is -0.102 e. The Labute approximate surface area is 103 Å². The van der Waals surface area contributed by atoms with Gasteiger partial charge in [-0.15, -0.1) is 6.58 Å². The predicted molar refractivity (Wildman–Crippen MR) is 81.6 cm³/mol. The Balaban J connectivity index is 3.31. The molecule has 1 rings (SSSR count). The summed E-state index contributed by atoms with van der Waals surface area (Å²) in [5.41, 5.74) is 0.703. The summed E-state index contributed by atoms with van der Waals surface area (Å²) < 4.78 is 0. The summed E-state index contributed by atoms with van der Waals surface area (Å²) in [6.07, 6.45) is 11.5. The van der Waals surface area contributed by atoms with Gasteiger partial charge in [-0.25, -0.2) is 0 Å². The largest absolute Gasteiger partial charge is 0.102 e. The highest BCUT2D eigenvalue weighted by molar-refractivity contribution is 6.86. The molecule has 0 heterocycles. The minimum atomic E-state index is -1.30. The lowest BCUT2D eigenvalue weighted by molar-refractivity contribution is 0.778. The number of rotatable bonds is 3. The first kappa shape index (κ1) is 13.7. The first-order valence-corrected chi connectivity index (χ1v) is 13.2. The van der Waals surface area contributed by atoms with Crippen LogP contribution in [0, 0.1) is 0 Å². The van der Waals surface area contributed by atoms with Gasteiger partial charge in [0.05, 0.1) is 16.1 Å². The summed E-state index contributed by atoms with van der Waals surface area (Å²) >= 11 is 0. The summed E-state index contributed by atoms with van der Waals surface area (Å²) in [4.78, 5) is 0. The van der Waals surface area contributed by atoms with Crippen LogP contribution < -0.4 is 0 Å². The lowest BCUT2D eigenvalue weighted by Crippen LogP contribution is -2.47. The highest BCUT2D eigenvalue weighted by atomic mass is 28.3. The number of hydrogen-bond acceptors (Lipinski definition) is 0. The Morgan fingerprint density at radius 3 is 1.94 bits per heavy atom. The molecule has 1 aliphatic carbocycles. The molecule has 0 nitrogen and oxygen atoms in total. The lowest BCUT2D eigenvalue weighted by Gasteiger charge is -2.50. The molecule has 0 saturated heterocycles. The van der Waals surface area contributed by atoms with Gasteiger partial charge in [-0.3, -0.25) is 0 Å². The van der Waals surface area contributed by atoms with Crippen molar-refractivity contribution >= 4 is 16.1 Å². The second-order valence-corrected chi connectivity index (χ2v) is 17.7. The van der Waals surface area contributed by atoms with E-state index in [1.54, 1.807) is 0 Å². The Hall–Kier alpha value is -0.346. The van der Waals surface area contributed by atoms with Gasteiger partial charge in [-0.2, -0.15) is 0 Å². The molecule has 90 valence electrons. The molecule has 0 bridgehead atoms. The first-order chi connectivity index (χ1) is 7.15. The lowest BCUT2D eigenvalue weighted by atomic mass is 9.99. The molecule has 0 aromatic carbocycles. The third-order valence-corrected chi connectivity index (χ3v) is 9.98. The van der Waals surface area contributed by atoms with E-state index < -0.39 is 16.1 Å². The standard InChI is InChI=1S/C14H26Si2/c1-8-14(16(5,6)7)12-10-9-11-13(14)15(2,3)4/h8-13H,1H2,2-7H3. The van der Waals surface area contributed by atoms with Gasteiger partial charge in [0.25, 0.3) is 0 Å². The summed E-state index contributed by atoms with van der Waals surface area (Å²) in [5.74, 6) is 0. The Bertz CT molecular complexity index is 326. The molecule has 0 radical (unpaired) electrons. The summed E-state index contributed by atoms with van der Waals surface area (Å²) in [6, 6.07) is 0. The molecule has 0 aromatic rings. The molecule has 0 saturated carbocycles. The van der Waals surface area contributed by atoms with E-state index in [1.165, 1.54) is 0 Å². The van der Waals surface area contributed by atoms with Gasteiger partial charge in [-0.1, -0.05) is 69.7 Å². The van der Waals surface area contributed by atoms with Crippen molar-refractivity contribution < 1.29 is 0 Å². The molecule has 0 aromatic heterocycles. The van der Waals surface area contributed by atoms with Crippen LogP contribution in [0.3, 0.4) is 0 Å². The van der Waals surface area contributed by atoms with E-state index in [-0.39, 0.29) is 5.04 Å². The van der Waals surface area contributed by atoms with E-state index >= 15 is 0 Å². The fourth-order valence-electron chi connectivity index (χ4n) is 2.88. The molecule has 0 fully saturated rings. The predicted octanol–water partition coefficient (Wildman–Crippen LogP) is 5.09. The molecule has 2 atom stereocenters. The Kier molecular flexibility index (Phi) is 3.56. The maximum atomic E-state index is 4.16. The topological polar surface area (TPSA) is 0 Å². The zero-order valence-electron chi connectivity index (χ0n) is 11.7. The molecule has 0 spiro atoms. The van der Waals surface area contributed by atoms with Crippen LogP contribution in [0.5, 0.6) is 0 Å². The van der Waals surface area contributed by atoms with Crippen molar-refractivity contribution in [3.8, 4) is 0 Å². The maximum Gasteiger partial charge on any atom is 0.0600 e. The second-order valence-electron chi connectivity index (χ2n) is 6.97. The molecule has 0 amide bonds. The van der Waals surface area contributed by atoms with E-state index in [9.17, 15) is 0 Å². The summed E-state index contributed by atoms with van der Waals surface area (Å²) in [6.45, 7) is 19.0. The highest BCUT2D eigenvalue weighted by Crippen LogP contribution is 2.57. The van der Waals surface area contributed by atoms with Crippen molar-refractivity contribution in [2.75, 3.05) is 0 Å². The van der Waals surface area contributed by atoms with Crippen molar-refractivity contribution in [2.24, 2.45) is 0 Å². The SMILES string of the molecule is C=CC1([Si](C)(C)C)C=CC=CC1[Si](C)(C)C. The van der Waals surface area contributed by atoms with E-state index in [0.717, 1.165) is 0 Å². The minimum absolute atomic E-state index is 0.256. The van der Waals surface area contributed by atoms with Crippen molar-refractivity contribution in [1.82, 2.24) is 0 Å². The smallest absolute Gasteiger partial charge is 0.0600 e. The molecule has 2 unspecified atom stereocenters. The van der Waals surface area contributed by atoms with Crippen molar-refractivity contribution in [2.45, 2.75) is 49.9 Å². The molecular formula is C14H26Si2. The van der Waals surface area contributed by atoms with E-state index in [1.807, 2.05) is 0 Å². The Morgan fingerprint density at radius 2 is 1.62 bits per heavy atom. The summed E-state index contributed by atoms with van der Waals surface area (Å²) in [7, 11) is -2.50. The second kappa shape index (κ2) is 4.15. The van der Waals surface area contributed by atoms with Gasteiger partial charge in [0.1, 0.15) is 0 Å². The van der Waals surface area contributed by atoms with Gasteiger partial charge in [0.15, 0.2) is 0 Å². The van der Waals surface area contributed by atoms with Crippen LogP contribution >= 0.6 is 0 Å². The Morgan fingerprint density at radius 1 is 1.06 bits per heavy atom. The van der Waals surface area contributed by atoms with Crippen LogP contribution in [0.1, 0.15) is 0 Å². The molecule has 1 aliphatic rings. The summed E-state index contributed by atoms with van der Waals surface area (Å²) in [5, 5.41) is 0.256. The third-order valence-electron chi connectivity index (χ3n) is 3.87. The molecule has 0 N–H and O–H groups in total. The fraction of sp³-hybridized carbons (Fsp3) is 0.571. The van der Waals surface area contributed by atoms with Gasteiger partial charge < -0.3 is 0 Å². The average molecular weight is 251 g/mol. The van der Waals surface area contributed by atoms with Crippen LogP contribution in [0.15, 0.2) is 37.0 Å². The molecule has 0 aliphatic heterocycles. The average Bonchev–Trinajstić information content (AvgIpc) is 2.14. The van der Waals surface area contributed by atoms with Gasteiger partial charge in [-0.05, 0) is 5.54 Å². The normalized spacial score (nSPS) is 30.5. The quantitative estimate of drug-likeness (QED) is 0.484. The van der Waals surface area contributed by atoms with Gasteiger partial charge in [0, 0.05) is 5.04 Å². The zero-order valence-corrected chi connectivity index (χ0v) is 13.7. The van der Waals surface area contributed by atoms with Crippen molar-refractivity contribution in [3.63, 3.8) is 0 Å². The van der Waals surface area contributed by atoms with Crippen LogP contribution in [0.25, 0.3) is 0 Å². The van der Waals surface area contributed by atoms with Crippen LogP contribution in [0.2, 0.25) is 49.9 Å². The van der Waals surface area contributed by atoms with E-state index in [2.05, 4.69) is 76.2 Å². The number of allylic oxidation sites excluding steroid dienone is 5. The molecule has 16 heavy (non-hydrogen) atoms. The van der Waals surface area contributed by atoms with E-state index in [0.29, 0.717) is 5.54 Å². The number of hydrogen-bond donors (Lipinski definition) is 0. The molecule has 2 heteroatoms. The van der Waals surface area contributed by atoms with Crippen LogP contribution in [-0.4, -0.2) is 16.1 Å². The molecular weight excluding hydrogens is 224 g/mol. The van der Waals surface area contributed by atoms with Crippen LogP contribution in [0.4, 0.5) is 0 Å². The van der Waals surface area contributed by atoms with Crippen LogP contribution in [-0.2, 0) is 0 Å². The first-order valence-electron chi connectivity index (χ1n) is 6.15. The fourth-order valence-corrected chi connectivity index (χ4v) is 10.0. The monoisotopic (exact) mass is 250 g/mol. The van der Waals surface area contributed by atoms with E-state index in [4.69, 9.17) is 0 Å². The maximum absolute atomic E-state index is 4.16. The zero-order chi connectivity index (χ0) is 12.6. The third kappa shape index (κ3) is 2.18. The highest BCUT2D eigenvalue weighted by Gasteiger charge is 2.49. The van der Waals surface area contributed by atoms with Gasteiger partial charge in [0.2, 0.25) is 0 Å².